The lowest BCUT2D eigenvalue weighted by Crippen LogP contribution is -2.17. The third kappa shape index (κ3) is 5.81. The minimum Gasteiger partial charge on any atom is -0.462 e. The van der Waals surface area contributed by atoms with E-state index in [1.54, 1.807) is 18.3 Å². The van der Waals surface area contributed by atoms with Crippen LogP contribution in [0.4, 0.5) is 5.00 Å². The number of amides is 1. The van der Waals surface area contributed by atoms with Gasteiger partial charge < -0.3 is 10.1 Å². The summed E-state index contributed by atoms with van der Waals surface area (Å²) in [7, 11) is 0. The van der Waals surface area contributed by atoms with Crippen molar-refractivity contribution in [2.24, 2.45) is 0 Å². The molecule has 0 saturated heterocycles. The third-order valence-electron chi connectivity index (χ3n) is 5.83. The lowest BCUT2D eigenvalue weighted by molar-refractivity contribution is -0.113. The molecule has 0 aliphatic heterocycles. The maximum Gasteiger partial charge on any atom is 0.341 e. The highest BCUT2D eigenvalue weighted by Crippen LogP contribution is 2.39. The Morgan fingerprint density at radius 3 is 2.77 bits per heavy atom. The van der Waals surface area contributed by atoms with Crippen LogP contribution in [0, 0.1) is 0 Å². The van der Waals surface area contributed by atoms with E-state index in [1.807, 2.05) is 0 Å². The molecule has 7 nitrogen and oxygen atoms in total. The Labute approximate surface area is 218 Å². The van der Waals surface area contributed by atoms with E-state index in [0.717, 1.165) is 55.5 Å². The van der Waals surface area contributed by atoms with E-state index in [9.17, 15) is 9.59 Å². The highest BCUT2D eigenvalue weighted by atomic mass is 32.2. The second-order valence-electron chi connectivity index (χ2n) is 8.79. The Kier molecular flexibility index (Phi) is 8.67. The summed E-state index contributed by atoms with van der Waals surface area (Å²) < 4.78 is 7.39. The molecule has 1 N–H and O–H groups in total. The first-order chi connectivity index (χ1) is 16.9. The fraction of sp³-hybridized carbons (Fsp3) is 0.520. The van der Waals surface area contributed by atoms with E-state index in [1.165, 1.54) is 32.9 Å². The molecule has 0 radical (unpaired) electrons. The van der Waals surface area contributed by atoms with Gasteiger partial charge in [-0.25, -0.2) is 4.79 Å². The summed E-state index contributed by atoms with van der Waals surface area (Å²) in [4.78, 5) is 28.1. The van der Waals surface area contributed by atoms with E-state index in [4.69, 9.17) is 4.74 Å². The number of hydrogen-bond acceptors (Lipinski definition) is 8. The summed E-state index contributed by atoms with van der Waals surface area (Å²) in [5.74, 6) is 0.495. The second-order valence-corrected chi connectivity index (χ2v) is 11.8. The minimum atomic E-state index is -0.350. The molecule has 3 aromatic heterocycles. The molecule has 3 aromatic rings. The molecule has 0 aromatic carbocycles. The number of hydrogen-bond donors (Lipinski definition) is 1. The number of aromatic nitrogens is 3. The molecule has 188 valence electrons. The molecule has 10 heteroatoms. The smallest absolute Gasteiger partial charge is 0.341 e. The number of aryl methyl sites for hydroxylation is 2. The van der Waals surface area contributed by atoms with Gasteiger partial charge >= 0.3 is 5.97 Å². The van der Waals surface area contributed by atoms with Gasteiger partial charge in [-0.3, -0.25) is 9.36 Å². The van der Waals surface area contributed by atoms with Crippen molar-refractivity contribution in [1.29, 1.82) is 0 Å². The van der Waals surface area contributed by atoms with Crippen LogP contribution in [-0.2, 0) is 28.8 Å². The van der Waals surface area contributed by atoms with Crippen molar-refractivity contribution in [2.75, 3.05) is 17.7 Å². The molecule has 0 spiro atoms. The van der Waals surface area contributed by atoms with Gasteiger partial charge in [0.25, 0.3) is 0 Å². The van der Waals surface area contributed by atoms with Crippen LogP contribution in [0.3, 0.4) is 0 Å². The third-order valence-corrected chi connectivity index (χ3v) is 8.97. The highest BCUT2D eigenvalue weighted by Gasteiger charge is 2.27. The fourth-order valence-electron chi connectivity index (χ4n) is 4.28. The first-order valence-corrected chi connectivity index (χ1v) is 14.9. The average Bonchev–Trinajstić information content (AvgIpc) is 3.54. The first-order valence-electron chi connectivity index (χ1n) is 12.2. The number of thiophene rings is 2. The quantitative estimate of drug-likeness (QED) is 0.241. The number of anilines is 1. The zero-order chi connectivity index (χ0) is 24.9. The number of thioether (sulfide) groups is 1. The fourth-order valence-corrected chi connectivity index (χ4v) is 7.41. The first kappa shape index (κ1) is 25.9. The van der Waals surface area contributed by atoms with E-state index in [-0.39, 0.29) is 23.7 Å². The van der Waals surface area contributed by atoms with E-state index in [2.05, 4.69) is 52.3 Å². The summed E-state index contributed by atoms with van der Waals surface area (Å²) in [6.45, 7) is 8.47. The number of nitrogens with one attached hydrogen (secondary N) is 1. The minimum absolute atomic E-state index is 0.152. The van der Waals surface area contributed by atoms with Crippen LogP contribution in [0.15, 0.2) is 16.6 Å². The average molecular weight is 533 g/mol. The molecule has 1 aliphatic rings. The topological polar surface area (TPSA) is 86.1 Å². The summed E-state index contributed by atoms with van der Waals surface area (Å²) >= 11 is 4.62. The number of rotatable bonds is 10. The monoisotopic (exact) mass is 532 g/mol. The molecule has 0 saturated carbocycles. The molecule has 35 heavy (non-hydrogen) atoms. The van der Waals surface area contributed by atoms with Gasteiger partial charge in [-0.15, -0.1) is 32.9 Å². The van der Waals surface area contributed by atoms with Crippen molar-refractivity contribution in [2.45, 2.75) is 77.4 Å². The number of carbonyl (C=O) groups is 2. The van der Waals surface area contributed by atoms with Crippen molar-refractivity contribution in [1.82, 2.24) is 14.8 Å². The molecule has 1 aliphatic carbocycles. The number of ether oxygens (including phenoxy) is 1. The lowest BCUT2D eigenvalue weighted by atomic mass is 9.95. The highest BCUT2D eigenvalue weighted by molar-refractivity contribution is 7.99. The number of fused-ring (bicyclic) bond motifs is 1. The Morgan fingerprint density at radius 2 is 2.03 bits per heavy atom. The molecule has 0 fully saturated rings. The molecule has 0 bridgehead atoms. The predicted octanol–water partition coefficient (Wildman–Crippen LogP) is 6.39. The normalized spacial score (nSPS) is 13.2. The van der Waals surface area contributed by atoms with Crippen LogP contribution in [0.5, 0.6) is 0 Å². The molecule has 4 rings (SSSR count). The van der Waals surface area contributed by atoms with Gasteiger partial charge in [-0.05, 0) is 64.5 Å². The van der Waals surface area contributed by atoms with Crippen LogP contribution in [0.25, 0.3) is 11.4 Å². The lowest BCUT2D eigenvalue weighted by Gasteiger charge is -2.13. The van der Waals surface area contributed by atoms with Crippen LogP contribution >= 0.6 is 34.4 Å². The Bertz CT molecular complexity index is 1190. The standard InChI is InChI=1S/C25H32N4O3S3/c1-5-9-17-12-16(13-33-17)22-27-28-25(29(22)15(3)4)34-14-20(30)26-23-21(24(31)32-6-2)18-10-7-8-11-19(18)35-23/h12-13,15H,5-11,14H2,1-4H3,(H,26,30). The zero-order valence-corrected chi connectivity index (χ0v) is 23.1. The number of nitrogens with zero attached hydrogens (tertiary/aromatic N) is 3. The number of carbonyl (C=O) groups excluding carboxylic acids is 2. The van der Waals surface area contributed by atoms with Gasteiger partial charge in [0.15, 0.2) is 11.0 Å². The van der Waals surface area contributed by atoms with Gasteiger partial charge in [-0.2, -0.15) is 0 Å². The Hall–Kier alpha value is -2.17. The molecule has 0 unspecified atom stereocenters. The van der Waals surface area contributed by atoms with Crippen molar-refractivity contribution in [3.05, 3.63) is 32.3 Å². The largest absolute Gasteiger partial charge is 0.462 e. The van der Waals surface area contributed by atoms with Crippen LogP contribution in [0.1, 0.15) is 78.7 Å². The molecule has 1 amide bonds. The summed E-state index contributed by atoms with van der Waals surface area (Å²) in [5.41, 5.74) is 2.65. The van der Waals surface area contributed by atoms with E-state index < -0.39 is 0 Å². The maximum atomic E-state index is 12.9. The van der Waals surface area contributed by atoms with Gasteiger partial charge in [-0.1, -0.05) is 25.1 Å². The molecular weight excluding hydrogens is 501 g/mol. The van der Waals surface area contributed by atoms with Crippen molar-refractivity contribution in [3.63, 3.8) is 0 Å². The van der Waals surface area contributed by atoms with Crippen molar-refractivity contribution in [3.8, 4) is 11.4 Å². The van der Waals surface area contributed by atoms with E-state index in [0.29, 0.717) is 22.3 Å². The SMILES string of the molecule is CCCc1cc(-c2nnc(SCC(=O)Nc3sc4c(c3C(=O)OCC)CCCC4)n2C(C)C)cs1. The summed E-state index contributed by atoms with van der Waals surface area (Å²) in [5, 5.41) is 15.3. The molecular formula is C25H32N4O3S3. The number of esters is 1. The van der Waals surface area contributed by atoms with Gasteiger partial charge in [0.2, 0.25) is 5.91 Å². The second kappa shape index (κ2) is 11.7. The Morgan fingerprint density at radius 1 is 1.23 bits per heavy atom. The molecule has 3 heterocycles. The van der Waals surface area contributed by atoms with Crippen LogP contribution in [-0.4, -0.2) is 39.0 Å². The maximum absolute atomic E-state index is 12.9. The van der Waals surface area contributed by atoms with Crippen LogP contribution < -0.4 is 5.32 Å². The summed E-state index contributed by atoms with van der Waals surface area (Å²) in [6, 6.07) is 2.34. The Balaban J connectivity index is 1.49. The van der Waals surface area contributed by atoms with Crippen LogP contribution in [0.2, 0.25) is 0 Å². The van der Waals surface area contributed by atoms with Gasteiger partial charge in [0.1, 0.15) is 5.00 Å². The molecule has 0 atom stereocenters. The van der Waals surface area contributed by atoms with E-state index >= 15 is 0 Å². The van der Waals surface area contributed by atoms with Gasteiger partial charge in [0, 0.05) is 26.7 Å². The van der Waals surface area contributed by atoms with Crippen molar-refractivity contribution < 1.29 is 14.3 Å². The summed E-state index contributed by atoms with van der Waals surface area (Å²) in [6.07, 6.45) is 6.13. The van der Waals surface area contributed by atoms with Gasteiger partial charge in [0.05, 0.1) is 17.9 Å². The van der Waals surface area contributed by atoms with Crippen molar-refractivity contribution >= 4 is 51.3 Å². The zero-order valence-electron chi connectivity index (χ0n) is 20.7. The predicted molar refractivity (Wildman–Crippen MR) is 144 cm³/mol.